The molecule has 1 fully saturated rings. The van der Waals surface area contributed by atoms with E-state index >= 15 is 0 Å². The Bertz CT molecular complexity index is 923. The van der Waals surface area contributed by atoms with Crippen LogP contribution in [0.25, 0.3) is 0 Å². The summed E-state index contributed by atoms with van der Waals surface area (Å²) < 4.78 is 2.11. The number of para-hydroxylation sites is 1. The van der Waals surface area contributed by atoms with Gasteiger partial charge in [-0.2, -0.15) is 0 Å². The van der Waals surface area contributed by atoms with Gasteiger partial charge in [-0.05, 0) is 37.1 Å². The number of piperidine rings is 1. The van der Waals surface area contributed by atoms with E-state index in [2.05, 4.69) is 14.5 Å². The van der Waals surface area contributed by atoms with Gasteiger partial charge in [0, 0.05) is 37.6 Å². The third-order valence-electron chi connectivity index (χ3n) is 5.01. The molecule has 2 aromatic heterocycles. The van der Waals surface area contributed by atoms with E-state index in [1.54, 1.807) is 30.5 Å². The maximum absolute atomic E-state index is 12.8. The van der Waals surface area contributed by atoms with Gasteiger partial charge in [0.05, 0.1) is 17.8 Å². The minimum absolute atomic E-state index is 0.0290. The average molecular weight is 362 g/mol. The zero-order valence-corrected chi connectivity index (χ0v) is 15.0. The molecular weight excluding hydrogens is 340 g/mol. The number of rotatable bonds is 4. The first-order valence-corrected chi connectivity index (χ1v) is 9.20. The zero-order valence-electron chi connectivity index (χ0n) is 15.0. The lowest BCUT2D eigenvalue weighted by Gasteiger charge is -2.33. The van der Waals surface area contributed by atoms with Crippen LogP contribution in [0.5, 0.6) is 5.75 Å². The van der Waals surface area contributed by atoms with Crippen LogP contribution in [0.4, 0.5) is 0 Å². The number of nitrogens with zero attached hydrogens (tertiary/aromatic N) is 4. The Hall–Kier alpha value is -3.15. The maximum Gasteiger partial charge on any atom is 0.257 e. The van der Waals surface area contributed by atoms with Gasteiger partial charge < -0.3 is 14.6 Å². The van der Waals surface area contributed by atoms with E-state index in [-0.39, 0.29) is 17.6 Å². The number of carbonyl (C=O) groups excluding carboxylic acids is 1. The highest BCUT2D eigenvalue weighted by Crippen LogP contribution is 2.28. The molecule has 0 radical (unpaired) electrons. The van der Waals surface area contributed by atoms with Gasteiger partial charge in [0.2, 0.25) is 0 Å². The van der Waals surface area contributed by atoms with Crippen LogP contribution in [0.1, 0.15) is 40.6 Å². The normalized spacial score (nSPS) is 17.0. The summed E-state index contributed by atoms with van der Waals surface area (Å²) in [6, 6.07) is 12.6. The molecule has 6 heteroatoms. The number of amides is 1. The Labute approximate surface area is 158 Å². The van der Waals surface area contributed by atoms with Crippen LogP contribution in [0.3, 0.4) is 0 Å². The smallest absolute Gasteiger partial charge is 0.257 e. The van der Waals surface area contributed by atoms with Crippen LogP contribution in [0.2, 0.25) is 0 Å². The Morgan fingerprint density at radius 2 is 1.96 bits per heavy atom. The number of carbonyl (C=O) groups is 1. The molecule has 1 aliphatic heterocycles. The molecular formula is C21H22N4O2. The van der Waals surface area contributed by atoms with E-state index in [0.29, 0.717) is 25.2 Å². The van der Waals surface area contributed by atoms with E-state index in [1.165, 1.54) is 0 Å². The third kappa shape index (κ3) is 3.69. The summed E-state index contributed by atoms with van der Waals surface area (Å²) in [5.41, 5.74) is 1.34. The minimum atomic E-state index is -0.124. The molecule has 6 nitrogen and oxygen atoms in total. The number of likely N-dealkylation sites (tertiary alicyclic amines) is 1. The standard InChI is InChI=1S/C21H22N4O2/c26-19-9-2-1-8-18(19)21(27)25-12-5-6-16(14-25)20-23-11-13-24(20)15-17-7-3-4-10-22-17/h1-4,7-11,13,16,26H,5-6,12,14-15H2/t16-/m0/s1. The summed E-state index contributed by atoms with van der Waals surface area (Å²) in [6.45, 7) is 1.97. The summed E-state index contributed by atoms with van der Waals surface area (Å²) in [5.74, 6) is 1.06. The largest absolute Gasteiger partial charge is 0.507 e. The van der Waals surface area contributed by atoms with Gasteiger partial charge in [0.15, 0.2) is 0 Å². The molecule has 3 aromatic rings. The molecule has 1 amide bonds. The van der Waals surface area contributed by atoms with Gasteiger partial charge in [0.1, 0.15) is 11.6 Å². The number of aromatic nitrogens is 3. The monoisotopic (exact) mass is 362 g/mol. The predicted molar refractivity (Wildman–Crippen MR) is 102 cm³/mol. The topological polar surface area (TPSA) is 71.2 Å². The lowest BCUT2D eigenvalue weighted by Crippen LogP contribution is -2.39. The second kappa shape index (κ2) is 7.61. The molecule has 138 valence electrons. The van der Waals surface area contributed by atoms with Crippen LogP contribution in [-0.4, -0.2) is 43.5 Å². The molecule has 3 heterocycles. The number of phenolic OH excluding ortho intramolecular Hbond substituents is 1. The van der Waals surface area contributed by atoms with Crippen molar-refractivity contribution in [1.29, 1.82) is 0 Å². The summed E-state index contributed by atoms with van der Waals surface area (Å²) in [7, 11) is 0. The highest BCUT2D eigenvalue weighted by atomic mass is 16.3. The van der Waals surface area contributed by atoms with Crippen LogP contribution in [-0.2, 0) is 6.54 Å². The molecule has 0 aliphatic carbocycles. The maximum atomic E-state index is 12.8. The number of pyridine rings is 1. The molecule has 0 unspecified atom stereocenters. The van der Waals surface area contributed by atoms with Crippen molar-refractivity contribution >= 4 is 5.91 Å². The van der Waals surface area contributed by atoms with E-state index in [0.717, 1.165) is 24.4 Å². The summed E-state index contributed by atoms with van der Waals surface area (Å²) >= 11 is 0. The van der Waals surface area contributed by atoms with Crippen LogP contribution < -0.4 is 0 Å². The molecule has 0 saturated carbocycles. The highest BCUT2D eigenvalue weighted by molar-refractivity contribution is 5.96. The number of imidazole rings is 1. The molecule has 1 saturated heterocycles. The fraction of sp³-hybridized carbons (Fsp3) is 0.286. The number of aromatic hydroxyl groups is 1. The van der Waals surface area contributed by atoms with E-state index < -0.39 is 0 Å². The average Bonchev–Trinajstić information content (AvgIpc) is 3.17. The van der Waals surface area contributed by atoms with Gasteiger partial charge in [-0.25, -0.2) is 4.98 Å². The molecule has 1 N–H and O–H groups in total. The van der Waals surface area contributed by atoms with E-state index in [9.17, 15) is 9.90 Å². The molecule has 4 rings (SSSR count). The van der Waals surface area contributed by atoms with Gasteiger partial charge in [-0.1, -0.05) is 18.2 Å². The van der Waals surface area contributed by atoms with Gasteiger partial charge in [-0.3, -0.25) is 9.78 Å². The lowest BCUT2D eigenvalue weighted by molar-refractivity contribution is 0.0700. The third-order valence-corrected chi connectivity index (χ3v) is 5.01. The summed E-state index contributed by atoms with van der Waals surface area (Å²) in [4.78, 5) is 23.6. The Kier molecular flexibility index (Phi) is 4.87. The van der Waals surface area contributed by atoms with Gasteiger partial charge in [-0.15, -0.1) is 0 Å². The quantitative estimate of drug-likeness (QED) is 0.774. The van der Waals surface area contributed by atoms with Crippen LogP contribution in [0.15, 0.2) is 61.1 Å². The number of hydrogen-bond donors (Lipinski definition) is 1. The second-order valence-corrected chi connectivity index (χ2v) is 6.84. The number of phenols is 1. The van der Waals surface area contributed by atoms with Crippen LogP contribution >= 0.6 is 0 Å². The van der Waals surface area contributed by atoms with Crippen molar-refractivity contribution in [3.63, 3.8) is 0 Å². The van der Waals surface area contributed by atoms with Crippen LogP contribution in [0, 0.1) is 0 Å². The second-order valence-electron chi connectivity index (χ2n) is 6.84. The summed E-state index contributed by atoms with van der Waals surface area (Å²) in [5, 5.41) is 10.00. The SMILES string of the molecule is O=C(c1ccccc1O)N1CCC[C@H](c2nccn2Cc2ccccn2)C1. The zero-order chi connectivity index (χ0) is 18.6. The van der Waals surface area contributed by atoms with Gasteiger partial charge >= 0.3 is 0 Å². The molecule has 1 aliphatic rings. The number of hydrogen-bond acceptors (Lipinski definition) is 4. The Morgan fingerprint density at radius 3 is 2.78 bits per heavy atom. The van der Waals surface area contributed by atoms with E-state index in [4.69, 9.17) is 0 Å². The fourth-order valence-electron chi connectivity index (χ4n) is 3.68. The minimum Gasteiger partial charge on any atom is -0.507 e. The Morgan fingerprint density at radius 1 is 1.11 bits per heavy atom. The van der Waals surface area contributed by atoms with E-state index in [1.807, 2.05) is 35.5 Å². The summed E-state index contributed by atoms with van der Waals surface area (Å²) in [6.07, 6.45) is 7.47. The lowest BCUT2D eigenvalue weighted by atomic mass is 9.96. The van der Waals surface area contributed by atoms with Crippen molar-refractivity contribution < 1.29 is 9.90 Å². The molecule has 0 bridgehead atoms. The van der Waals surface area contributed by atoms with Crippen molar-refractivity contribution in [2.24, 2.45) is 0 Å². The molecule has 1 aromatic carbocycles. The molecule has 27 heavy (non-hydrogen) atoms. The fourth-order valence-corrected chi connectivity index (χ4v) is 3.68. The number of benzene rings is 1. The molecule has 1 atom stereocenters. The van der Waals surface area contributed by atoms with Crippen molar-refractivity contribution in [3.05, 3.63) is 78.1 Å². The first kappa shape index (κ1) is 17.3. The van der Waals surface area contributed by atoms with Gasteiger partial charge in [0.25, 0.3) is 5.91 Å². The predicted octanol–water partition coefficient (Wildman–Crippen LogP) is 3.05. The van der Waals surface area contributed by atoms with Crippen molar-refractivity contribution in [2.45, 2.75) is 25.3 Å². The van der Waals surface area contributed by atoms with Crippen molar-refractivity contribution in [3.8, 4) is 5.75 Å². The van der Waals surface area contributed by atoms with Crippen molar-refractivity contribution in [1.82, 2.24) is 19.4 Å². The first-order valence-electron chi connectivity index (χ1n) is 9.20. The molecule has 0 spiro atoms. The Balaban J connectivity index is 1.52. The highest BCUT2D eigenvalue weighted by Gasteiger charge is 2.29. The van der Waals surface area contributed by atoms with Crippen molar-refractivity contribution in [2.75, 3.05) is 13.1 Å². The first-order chi connectivity index (χ1) is 13.2.